The summed E-state index contributed by atoms with van der Waals surface area (Å²) in [4.78, 5) is 23.9. The SMILES string of the molecule is Cc1cnn(CCC(NC(=O)OCC2c3ccccc3-c3ccccc32)C(=O)O)c1. The molecule has 1 aromatic heterocycles. The Morgan fingerprint density at radius 1 is 1.13 bits per heavy atom. The number of carboxylic acid groups (broad SMARTS) is 1. The summed E-state index contributed by atoms with van der Waals surface area (Å²) in [6, 6.07) is 15.1. The normalized spacial score (nSPS) is 13.4. The number of fused-ring (bicyclic) bond motifs is 3. The van der Waals surface area contributed by atoms with Gasteiger partial charge in [0.25, 0.3) is 0 Å². The van der Waals surface area contributed by atoms with E-state index in [4.69, 9.17) is 4.74 Å². The van der Waals surface area contributed by atoms with Crippen LogP contribution < -0.4 is 5.32 Å². The summed E-state index contributed by atoms with van der Waals surface area (Å²) in [5.74, 6) is -1.18. The van der Waals surface area contributed by atoms with Gasteiger partial charge in [0.15, 0.2) is 0 Å². The summed E-state index contributed by atoms with van der Waals surface area (Å²) in [7, 11) is 0. The Kier molecular flexibility index (Phi) is 5.52. The summed E-state index contributed by atoms with van der Waals surface area (Å²) in [6.07, 6.45) is 3.00. The smallest absolute Gasteiger partial charge is 0.407 e. The Labute approximate surface area is 174 Å². The van der Waals surface area contributed by atoms with Crippen LogP contribution in [0.5, 0.6) is 0 Å². The summed E-state index contributed by atoms with van der Waals surface area (Å²) < 4.78 is 7.10. The number of nitrogens with one attached hydrogen (secondary N) is 1. The van der Waals surface area contributed by atoms with Crippen LogP contribution in [0.4, 0.5) is 4.79 Å². The molecule has 154 valence electrons. The van der Waals surface area contributed by atoms with Gasteiger partial charge in [-0.05, 0) is 41.2 Å². The topological polar surface area (TPSA) is 93.5 Å². The van der Waals surface area contributed by atoms with Crippen LogP contribution in [0.2, 0.25) is 0 Å². The molecule has 2 N–H and O–H groups in total. The molecule has 1 heterocycles. The third kappa shape index (κ3) is 4.05. The van der Waals surface area contributed by atoms with Gasteiger partial charge >= 0.3 is 12.1 Å². The molecule has 0 fully saturated rings. The minimum Gasteiger partial charge on any atom is -0.480 e. The lowest BCUT2D eigenvalue weighted by atomic mass is 9.98. The van der Waals surface area contributed by atoms with Gasteiger partial charge in [0, 0.05) is 18.7 Å². The summed E-state index contributed by atoms with van der Waals surface area (Å²) in [5.41, 5.74) is 5.48. The summed E-state index contributed by atoms with van der Waals surface area (Å²) in [5, 5.41) is 16.0. The molecule has 7 heteroatoms. The maximum atomic E-state index is 12.3. The number of hydrogen-bond acceptors (Lipinski definition) is 4. The van der Waals surface area contributed by atoms with Crippen molar-refractivity contribution < 1.29 is 19.4 Å². The molecular formula is C23H23N3O4. The molecule has 0 saturated heterocycles. The molecule has 1 amide bonds. The van der Waals surface area contributed by atoms with Gasteiger partial charge in [0.2, 0.25) is 0 Å². The lowest BCUT2D eigenvalue weighted by Crippen LogP contribution is -2.42. The van der Waals surface area contributed by atoms with Crippen LogP contribution in [0.15, 0.2) is 60.9 Å². The number of carbonyl (C=O) groups excluding carboxylic acids is 1. The second-order valence-corrected chi connectivity index (χ2v) is 7.43. The summed E-state index contributed by atoms with van der Waals surface area (Å²) in [6.45, 7) is 2.44. The number of rotatable bonds is 7. The molecule has 0 aliphatic heterocycles. The van der Waals surface area contributed by atoms with Crippen molar-refractivity contribution >= 4 is 12.1 Å². The van der Waals surface area contributed by atoms with Crippen molar-refractivity contribution in [2.24, 2.45) is 0 Å². The van der Waals surface area contributed by atoms with Crippen molar-refractivity contribution in [3.63, 3.8) is 0 Å². The fraction of sp³-hybridized carbons (Fsp3) is 0.261. The number of alkyl carbamates (subject to hydrolysis) is 1. The monoisotopic (exact) mass is 405 g/mol. The van der Waals surface area contributed by atoms with Crippen LogP contribution in [0.25, 0.3) is 11.1 Å². The number of carbonyl (C=O) groups is 2. The van der Waals surface area contributed by atoms with Gasteiger partial charge in [0.05, 0.1) is 6.20 Å². The lowest BCUT2D eigenvalue weighted by molar-refractivity contribution is -0.139. The van der Waals surface area contributed by atoms with Crippen molar-refractivity contribution in [3.05, 3.63) is 77.6 Å². The van der Waals surface area contributed by atoms with Crippen LogP contribution in [-0.2, 0) is 16.1 Å². The van der Waals surface area contributed by atoms with Gasteiger partial charge in [-0.3, -0.25) is 4.68 Å². The van der Waals surface area contributed by atoms with E-state index >= 15 is 0 Å². The molecule has 1 atom stereocenters. The molecule has 0 spiro atoms. The predicted octanol–water partition coefficient (Wildman–Crippen LogP) is 3.57. The zero-order chi connectivity index (χ0) is 21.1. The molecule has 1 aliphatic rings. The molecule has 2 aromatic carbocycles. The fourth-order valence-corrected chi connectivity index (χ4v) is 3.89. The van der Waals surface area contributed by atoms with Crippen molar-refractivity contribution in [1.29, 1.82) is 0 Å². The van der Waals surface area contributed by atoms with Gasteiger partial charge in [-0.15, -0.1) is 0 Å². The number of aliphatic carboxylic acids is 1. The third-order valence-corrected chi connectivity index (χ3v) is 5.34. The second kappa shape index (κ2) is 8.41. The van der Waals surface area contributed by atoms with Gasteiger partial charge in [-0.2, -0.15) is 5.10 Å². The van der Waals surface area contributed by atoms with Gasteiger partial charge < -0.3 is 15.2 Å². The van der Waals surface area contributed by atoms with Gasteiger partial charge in [-0.1, -0.05) is 48.5 Å². The quantitative estimate of drug-likeness (QED) is 0.627. The highest BCUT2D eigenvalue weighted by atomic mass is 16.5. The number of aromatic nitrogens is 2. The number of carboxylic acids is 1. The Hall–Kier alpha value is -3.61. The zero-order valence-electron chi connectivity index (χ0n) is 16.6. The Balaban J connectivity index is 1.38. The second-order valence-electron chi connectivity index (χ2n) is 7.43. The van der Waals surface area contributed by atoms with E-state index in [2.05, 4.69) is 22.5 Å². The fourth-order valence-electron chi connectivity index (χ4n) is 3.89. The Morgan fingerprint density at radius 2 is 1.77 bits per heavy atom. The van der Waals surface area contributed by atoms with Crippen LogP contribution in [0.1, 0.15) is 29.0 Å². The largest absolute Gasteiger partial charge is 0.480 e. The van der Waals surface area contributed by atoms with E-state index < -0.39 is 18.1 Å². The van der Waals surface area contributed by atoms with Crippen molar-refractivity contribution in [2.75, 3.05) is 6.61 Å². The maximum absolute atomic E-state index is 12.3. The zero-order valence-corrected chi connectivity index (χ0v) is 16.6. The van der Waals surface area contributed by atoms with Crippen molar-refractivity contribution in [2.45, 2.75) is 31.8 Å². The Bertz CT molecular complexity index is 1030. The van der Waals surface area contributed by atoms with Crippen LogP contribution >= 0.6 is 0 Å². The van der Waals surface area contributed by atoms with Gasteiger partial charge in [0.1, 0.15) is 12.6 Å². The number of aryl methyl sites for hydroxylation is 2. The number of ether oxygens (including phenoxy) is 1. The molecule has 0 saturated carbocycles. The molecule has 1 unspecified atom stereocenters. The van der Waals surface area contributed by atoms with E-state index in [1.807, 2.05) is 49.5 Å². The standard InChI is InChI=1S/C23H23N3O4/c1-15-12-24-26(13-15)11-10-21(22(27)28)25-23(29)30-14-20-18-8-4-2-6-16(18)17-7-3-5-9-19(17)20/h2-9,12-13,20-21H,10-11,14H2,1H3,(H,25,29)(H,27,28). The van der Waals surface area contributed by atoms with Crippen molar-refractivity contribution in [3.8, 4) is 11.1 Å². The highest BCUT2D eigenvalue weighted by Gasteiger charge is 2.29. The summed E-state index contributed by atoms with van der Waals surface area (Å²) >= 11 is 0. The number of nitrogens with zero attached hydrogens (tertiary/aromatic N) is 2. The highest BCUT2D eigenvalue weighted by Crippen LogP contribution is 2.44. The van der Waals surface area contributed by atoms with Crippen molar-refractivity contribution in [1.82, 2.24) is 15.1 Å². The first-order valence-corrected chi connectivity index (χ1v) is 9.86. The molecule has 7 nitrogen and oxygen atoms in total. The first-order chi connectivity index (χ1) is 14.5. The van der Waals surface area contributed by atoms with E-state index in [1.165, 1.54) is 0 Å². The number of hydrogen-bond donors (Lipinski definition) is 2. The van der Waals surface area contributed by atoms with E-state index in [1.54, 1.807) is 10.9 Å². The van der Waals surface area contributed by atoms with Crippen LogP contribution in [0.3, 0.4) is 0 Å². The van der Waals surface area contributed by atoms with Crippen LogP contribution in [-0.4, -0.2) is 39.6 Å². The molecule has 4 rings (SSSR count). The average Bonchev–Trinajstić information content (AvgIpc) is 3.30. The average molecular weight is 405 g/mol. The molecule has 0 radical (unpaired) electrons. The third-order valence-electron chi connectivity index (χ3n) is 5.34. The minimum atomic E-state index is -1.10. The van der Waals surface area contributed by atoms with E-state index in [0.717, 1.165) is 27.8 Å². The highest BCUT2D eigenvalue weighted by molar-refractivity contribution is 5.81. The molecule has 0 bridgehead atoms. The first kappa shape index (κ1) is 19.7. The minimum absolute atomic E-state index is 0.0709. The van der Waals surface area contributed by atoms with Crippen LogP contribution in [0, 0.1) is 6.92 Å². The first-order valence-electron chi connectivity index (χ1n) is 9.86. The van der Waals surface area contributed by atoms with E-state index in [-0.39, 0.29) is 18.9 Å². The molecule has 1 aliphatic carbocycles. The Morgan fingerprint density at radius 3 is 2.33 bits per heavy atom. The maximum Gasteiger partial charge on any atom is 0.407 e. The number of amides is 1. The van der Waals surface area contributed by atoms with Gasteiger partial charge in [-0.25, -0.2) is 9.59 Å². The molecular weight excluding hydrogens is 382 g/mol. The predicted molar refractivity (Wildman–Crippen MR) is 111 cm³/mol. The lowest BCUT2D eigenvalue weighted by Gasteiger charge is -2.17. The van der Waals surface area contributed by atoms with E-state index in [9.17, 15) is 14.7 Å². The van der Waals surface area contributed by atoms with E-state index in [0.29, 0.717) is 6.54 Å². The molecule has 3 aromatic rings. The number of benzene rings is 2. The molecule has 30 heavy (non-hydrogen) atoms.